The normalized spacial score (nSPS) is 34.6. The molecule has 2 saturated heterocycles. The van der Waals surface area contributed by atoms with Gasteiger partial charge in [0.25, 0.3) is 0 Å². The van der Waals surface area contributed by atoms with Crippen LogP contribution in [0.4, 0.5) is 5.69 Å². The largest absolute Gasteiger partial charge is 0.394 e. The van der Waals surface area contributed by atoms with Gasteiger partial charge in [0, 0.05) is 24.8 Å². The summed E-state index contributed by atoms with van der Waals surface area (Å²) >= 11 is 0. The molecule has 1 spiro atoms. The van der Waals surface area contributed by atoms with Crippen molar-refractivity contribution in [3.63, 3.8) is 0 Å². The van der Waals surface area contributed by atoms with Gasteiger partial charge in [-0.25, -0.2) is 0 Å². The summed E-state index contributed by atoms with van der Waals surface area (Å²) < 4.78 is 6.91. The molecule has 5 rings (SSSR count). The Kier molecular flexibility index (Phi) is 6.08. The van der Waals surface area contributed by atoms with Crippen molar-refractivity contribution in [1.29, 1.82) is 0 Å². The van der Waals surface area contributed by atoms with E-state index in [0.717, 1.165) is 5.69 Å². The molecule has 1 aromatic rings. The van der Waals surface area contributed by atoms with Crippen molar-refractivity contribution in [3.05, 3.63) is 54.6 Å². The first-order chi connectivity index (χ1) is 17.2. The number of carbonyl (C=O) groups excluding carboxylic acids is 3. The van der Waals surface area contributed by atoms with Gasteiger partial charge in [-0.2, -0.15) is 0 Å². The predicted octanol–water partition coefficient (Wildman–Crippen LogP) is 2.14. The fourth-order valence-electron chi connectivity index (χ4n) is 6.58. The van der Waals surface area contributed by atoms with Crippen LogP contribution < -0.4 is 4.90 Å². The fourth-order valence-corrected chi connectivity index (χ4v) is 6.58. The first kappa shape index (κ1) is 24.7. The molecule has 1 N–H and O–H groups in total. The number of hydrogen-bond donors (Lipinski definition) is 1. The van der Waals surface area contributed by atoms with Crippen LogP contribution in [0, 0.1) is 11.8 Å². The first-order valence-electron chi connectivity index (χ1n) is 12.9. The molecule has 36 heavy (non-hydrogen) atoms. The van der Waals surface area contributed by atoms with E-state index in [0.29, 0.717) is 19.5 Å². The van der Waals surface area contributed by atoms with Crippen molar-refractivity contribution in [2.75, 3.05) is 24.6 Å². The number of anilines is 1. The van der Waals surface area contributed by atoms with Crippen molar-refractivity contribution < 1.29 is 24.2 Å². The lowest BCUT2D eigenvalue weighted by Crippen LogP contribution is -2.59. The molecule has 1 unspecified atom stereocenters. The van der Waals surface area contributed by atoms with E-state index in [4.69, 9.17) is 4.74 Å². The molecular formula is C28H35N3O5. The van der Waals surface area contributed by atoms with E-state index in [1.807, 2.05) is 75.4 Å². The van der Waals surface area contributed by atoms with Gasteiger partial charge in [-0.05, 0) is 39.3 Å². The number of amides is 3. The molecule has 0 bridgehead atoms. The molecule has 0 aliphatic carbocycles. The van der Waals surface area contributed by atoms with Crippen LogP contribution in [-0.4, -0.2) is 81.7 Å². The first-order valence-corrected chi connectivity index (χ1v) is 12.9. The topological polar surface area (TPSA) is 90.4 Å². The average molecular weight is 494 g/mol. The maximum absolute atomic E-state index is 14.3. The van der Waals surface area contributed by atoms with Gasteiger partial charge in [-0.15, -0.1) is 0 Å². The van der Waals surface area contributed by atoms with Gasteiger partial charge in [0.2, 0.25) is 17.7 Å². The fraction of sp³-hybridized carbons (Fsp3) is 0.536. The Labute approximate surface area is 212 Å². The maximum Gasteiger partial charge on any atom is 0.249 e. The van der Waals surface area contributed by atoms with Crippen molar-refractivity contribution in [3.8, 4) is 0 Å². The standard InChI is InChI=1S/C28H35N3O5/c1-5-27-13-9-16-30(20-11-7-6-8-12-20)24(33)21(27)22-25(34)31(19(4)17-32)23-26(35)29(18(2)3)15-10-14-28(22,23)36-27/h6-14,18-19,21-23,32H,5,15-17H2,1-4H3/t19-,21+,22+,23?,27-,28+/m1/s1. The summed E-state index contributed by atoms with van der Waals surface area (Å²) in [7, 11) is 0. The summed E-state index contributed by atoms with van der Waals surface area (Å²) in [6.07, 6.45) is 8.08. The number of aliphatic hydroxyl groups is 1. The summed E-state index contributed by atoms with van der Waals surface area (Å²) in [5, 5.41) is 10.0. The smallest absolute Gasteiger partial charge is 0.249 e. The van der Waals surface area contributed by atoms with Crippen LogP contribution >= 0.6 is 0 Å². The number of likely N-dealkylation sites (tertiary alicyclic amines) is 1. The molecule has 0 saturated carbocycles. The summed E-state index contributed by atoms with van der Waals surface area (Å²) in [6, 6.07) is 7.77. The lowest BCUT2D eigenvalue weighted by Gasteiger charge is -2.40. The van der Waals surface area contributed by atoms with E-state index in [-0.39, 0.29) is 30.4 Å². The monoisotopic (exact) mass is 493 g/mol. The number of rotatable bonds is 5. The molecule has 4 aliphatic rings. The summed E-state index contributed by atoms with van der Waals surface area (Å²) in [4.78, 5) is 47.5. The third-order valence-corrected chi connectivity index (χ3v) is 8.34. The van der Waals surface area contributed by atoms with Crippen LogP contribution in [0.25, 0.3) is 0 Å². The van der Waals surface area contributed by atoms with Crippen LogP contribution in [0.1, 0.15) is 34.1 Å². The minimum atomic E-state index is -1.30. The summed E-state index contributed by atoms with van der Waals surface area (Å²) in [6.45, 7) is 8.03. The van der Waals surface area contributed by atoms with E-state index < -0.39 is 35.1 Å². The average Bonchev–Trinajstić information content (AvgIpc) is 3.17. The predicted molar refractivity (Wildman–Crippen MR) is 135 cm³/mol. The zero-order valence-corrected chi connectivity index (χ0v) is 21.3. The van der Waals surface area contributed by atoms with Gasteiger partial charge in [-0.3, -0.25) is 14.4 Å². The Hall–Kier alpha value is -2.97. The SMILES string of the molecule is CC[C@@]12C=CCN(c3ccccc3)C(=O)[C@@H]1[C@H]1C(=O)N([C@H](C)CO)C3C(=O)N(C(C)C)CC=C[C@@]31O2. The third kappa shape index (κ3) is 3.30. The second-order valence-electron chi connectivity index (χ2n) is 10.6. The Balaban J connectivity index is 1.69. The molecule has 4 aliphatic heterocycles. The van der Waals surface area contributed by atoms with Gasteiger partial charge in [0.05, 0.1) is 30.1 Å². The Morgan fingerprint density at radius 2 is 1.67 bits per heavy atom. The van der Waals surface area contributed by atoms with E-state index in [1.54, 1.807) is 16.7 Å². The third-order valence-electron chi connectivity index (χ3n) is 8.34. The second kappa shape index (κ2) is 8.85. The molecule has 192 valence electrons. The van der Waals surface area contributed by atoms with E-state index in [1.165, 1.54) is 4.90 Å². The highest BCUT2D eigenvalue weighted by Gasteiger charge is 2.75. The Morgan fingerprint density at radius 1 is 0.972 bits per heavy atom. The summed E-state index contributed by atoms with van der Waals surface area (Å²) in [5.41, 5.74) is -1.58. The zero-order chi connectivity index (χ0) is 25.8. The number of aliphatic hydroxyl groups excluding tert-OH is 1. The van der Waals surface area contributed by atoms with Gasteiger partial charge >= 0.3 is 0 Å². The van der Waals surface area contributed by atoms with Gasteiger partial charge < -0.3 is 24.5 Å². The molecule has 6 atom stereocenters. The molecule has 2 fully saturated rings. The number of nitrogens with zero attached hydrogens (tertiary/aromatic N) is 3. The molecule has 1 aromatic carbocycles. The van der Waals surface area contributed by atoms with Crippen molar-refractivity contribution in [1.82, 2.24) is 9.80 Å². The van der Waals surface area contributed by atoms with Crippen LogP contribution in [0.3, 0.4) is 0 Å². The quantitative estimate of drug-likeness (QED) is 0.635. The highest BCUT2D eigenvalue weighted by Crippen LogP contribution is 2.59. The number of benzene rings is 1. The Bertz CT molecular complexity index is 1120. The van der Waals surface area contributed by atoms with E-state index >= 15 is 0 Å². The Morgan fingerprint density at radius 3 is 2.31 bits per heavy atom. The number of para-hydroxylation sites is 1. The molecule has 4 heterocycles. The second-order valence-corrected chi connectivity index (χ2v) is 10.6. The maximum atomic E-state index is 14.3. The zero-order valence-electron chi connectivity index (χ0n) is 21.3. The van der Waals surface area contributed by atoms with Crippen LogP contribution in [0.2, 0.25) is 0 Å². The molecule has 3 amide bonds. The van der Waals surface area contributed by atoms with Crippen molar-refractivity contribution >= 4 is 23.4 Å². The molecule has 8 heteroatoms. The van der Waals surface area contributed by atoms with Crippen molar-refractivity contribution in [2.45, 2.75) is 63.4 Å². The van der Waals surface area contributed by atoms with E-state index in [2.05, 4.69) is 0 Å². The molecule has 0 radical (unpaired) electrons. The molecular weight excluding hydrogens is 458 g/mol. The lowest BCUT2D eigenvalue weighted by atomic mass is 9.73. The van der Waals surface area contributed by atoms with Gasteiger partial charge in [0.15, 0.2) is 0 Å². The highest BCUT2D eigenvalue weighted by atomic mass is 16.5. The minimum absolute atomic E-state index is 0.0835. The molecule has 0 aromatic heterocycles. The highest BCUT2D eigenvalue weighted by molar-refractivity contribution is 6.04. The lowest BCUT2D eigenvalue weighted by molar-refractivity contribution is -0.156. The van der Waals surface area contributed by atoms with Crippen LogP contribution in [0.15, 0.2) is 54.6 Å². The number of fused-ring (bicyclic) bond motifs is 2. The number of carbonyl (C=O) groups is 3. The molecule has 8 nitrogen and oxygen atoms in total. The summed E-state index contributed by atoms with van der Waals surface area (Å²) in [5.74, 6) is -2.42. The number of hydrogen-bond acceptors (Lipinski definition) is 5. The number of ether oxygens (including phenoxy) is 1. The van der Waals surface area contributed by atoms with Gasteiger partial charge in [0.1, 0.15) is 11.6 Å². The van der Waals surface area contributed by atoms with Crippen molar-refractivity contribution in [2.24, 2.45) is 11.8 Å². The van der Waals surface area contributed by atoms with Crippen LogP contribution in [-0.2, 0) is 19.1 Å². The van der Waals surface area contributed by atoms with E-state index in [9.17, 15) is 19.5 Å². The van der Waals surface area contributed by atoms with Crippen LogP contribution in [0.5, 0.6) is 0 Å². The minimum Gasteiger partial charge on any atom is -0.394 e. The van der Waals surface area contributed by atoms with Gasteiger partial charge in [-0.1, -0.05) is 49.4 Å².